The smallest absolute Gasteiger partial charge is 0.244 e. The molecule has 0 spiro atoms. The predicted molar refractivity (Wildman–Crippen MR) is 84.6 cm³/mol. The first-order chi connectivity index (χ1) is 9.46. The maximum Gasteiger partial charge on any atom is 0.244 e. The lowest BCUT2D eigenvalue weighted by atomic mass is 10.1. The molecule has 7 heteroatoms. The Morgan fingerprint density at radius 2 is 2.05 bits per heavy atom. The lowest BCUT2D eigenvalue weighted by molar-refractivity contribution is 0.271. The van der Waals surface area contributed by atoms with Crippen molar-refractivity contribution in [1.82, 2.24) is 9.62 Å². The van der Waals surface area contributed by atoms with E-state index in [1.807, 2.05) is 6.92 Å². The number of piperidine rings is 1. The van der Waals surface area contributed by atoms with E-state index in [0.717, 1.165) is 30.4 Å². The average Bonchev–Trinajstić information content (AvgIpc) is 2.40. The van der Waals surface area contributed by atoms with E-state index in [1.165, 1.54) is 0 Å². The number of benzene rings is 1. The van der Waals surface area contributed by atoms with Crippen molar-refractivity contribution >= 4 is 37.6 Å². The van der Waals surface area contributed by atoms with E-state index in [9.17, 15) is 8.42 Å². The van der Waals surface area contributed by atoms with Gasteiger partial charge in [-0.05, 0) is 44.1 Å². The van der Waals surface area contributed by atoms with Gasteiger partial charge < -0.3 is 5.32 Å². The van der Waals surface area contributed by atoms with Crippen molar-refractivity contribution in [2.75, 3.05) is 19.6 Å². The molecule has 1 fully saturated rings. The number of nitrogens with zero attached hydrogens (tertiary/aromatic N) is 1. The Morgan fingerprint density at radius 1 is 1.40 bits per heavy atom. The number of hydrogen-bond acceptors (Lipinski definition) is 3. The third-order valence-electron chi connectivity index (χ3n) is 3.51. The molecule has 1 saturated heterocycles. The van der Waals surface area contributed by atoms with Gasteiger partial charge in [0.1, 0.15) is 4.90 Å². The van der Waals surface area contributed by atoms with Crippen LogP contribution in [-0.2, 0) is 10.0 Å². The molecule has 1 aromatic carbocycles. The summed E-state index contributed by atoms with van der Waals surface area (Å²) >= 11 is 9.40. The Bertz CT molecular complexity index is 574. The first-order valence-corrected chi connectivity index (χ1v) is 9.25. The van der Waals surface area contributed by atoms with E-state index in [2.05, 4.69) is 21.2 Å². The van der Waals surface area contributed by atoms with Gasteiger partial charge in [0.2, 0.25) is 10.0 Å². The summed E-state index contributed by atoms with van der Waals surface area (Å²) in [7, 11) is -3.55. The van der Waals surface area contributed by atoms with Crippen LogP contribution in [0.4, 0.5) is 0 Å². The molecule has 0 unspecified atom stereocenters. The molecule has 1 heterocycles. The molecule has 0 atom stereocenters. The van der Waals surface area contributed by atoms with Crippen molar-refractivity contribution < 1.29 is 8.42 Å². The van der Waals surface area contributed by atoms with E-state index in [-0.39, 0.29) is 16.0 Å². The van der Waals surface area contributed by atoms with Gasteiger partial charge in [-0.25, -0.2) is 8.42 Å². The van der Waals surface area contributed by atoms with Crippen LogP contribution in [0.5, 0.6) is 0 Å². The number of sulfonamides is 1. The van der Waals surface area contributed by atoms with Gasteiger partial charge in [0.15, 0.2) is 0 Å². The molecule has 0 aliphatic carbocycles. The summed E-state index contributed by atoms with van der Waals surface area (Å²) in [5, 5.41) is 3.51. The fourth-order valence-electron chi connectivity index (χ4n) is 2.53. The number of rotatable bonds is 4. The summed E-state index contributed by atoms with van der Waals surface area (Å²) in [6, 6.07) is 4.93. The maximum atomic E-state index is 12.8. The van der Waals surface area contributed by atoms with Crippen LogP contribution < -0.4 is 5.32 Å². The molecule has 0 bridgehead atoms. The molecule has 0 aromatic heterocycles. The van der Waals surface area contributed by atoms with Gasteiger partial charge in [0.25, 0.3) is 0 Å². The van der Waals surface area contributed by atoms with Gasteiger partial charge in [0.05, 0.1) is 5.02 Å². The maximum absolute atomic E-state index is 12.8. The SMILES string of the molecule is CCN(C1CCNCC1)S(=O)(=O)c1ccc(Br)cc1Cl. The molecule has 0 saturated carbocycles. The van der Waals surface area contributed by atoms with Crippen molar-refractivity contribution in [3.63, 3.8) is 0 Å². The summed E-state index contributed by atoms with van der Waals surface area (Å²) in [6.45, 7) is 4.03. The van der Waals surface area contributed by atoms with Crippen LogP contribution in [0.1, 0.15) is 19.8 Å². The average molecular weight is 382 g/mol. The minimum absolute atomic E-state index is 0.0472. The van der Waals surface area contributed by atoms with Crippen molar-refractivity contribution in [2.45, 2.75) is 30.7 Å². The zero-order chi connectivity index (χ0) is 14.8. The fraction of sp³-hybridized carbons (Fsp3) is 0.538. The molecule has 4 nitrogen and oxygen atoms in total. The van der Waals surface area contributed by atoms with Gasteiger partial charge >= 0.3 is 0 Å². The van der Waals surface area contributed by atoms with Crippen LogP contribution in [0, 0.1) is 0 Å². The largest absolute Gasteiger partial charge is 0.317 e. The molecule has 1 aliphatic heterocycles. The minimum Gasteiger partial charge on any atom is -0.317 e. The standard InChI is InChI=1S/C13H18BrClN2O2S/c1-2-17(11-5-7-16-8-6-11)20(18,19)13-4-3-10(14)9-12(13)15/h3-4,9,11,16H,2,5-8H2,1H3. The predicted octanol–water partition coefficient (Wildman–Crippen LogP) is 2.87. The van der Waals surface area contributed by atoms with E-state index >= 15 is 0 Å². The molecular weight excluding hydrogens is 364 g/mol. The van der Waals surface area contributed by atoms with Crippen LogP contribution in [0.25, 0.3) is 0 Å². The van der Waals surface area contributed by atoms with Crippen molar-refractivity contribution in [3.05, 3.63) is 27.7 Å². The highest BCUT2D eigenvalue weighted by molar-refractivity contribution is 9.10. The molecule has 1 N–H and O–H groups in total. The summed E-state index contributed by atoms with van der Waals surface area (Å²) in [6.07, 6.45) is 1.67. The molecule has 0 amide bonds. The zero-order valence-corrected chi connectivity index (χ0v) is 14.4. The number of halogens is 2. The highest BCUT2D eigenvalue weighted by Gasteiger charge is 2.32. The highest BCUT2D eigenvalue weighted by atomic mass is 79.9. The lowest BCUT2D eigenvalue weighted by Gasteiger charge is -2.33. The monoisotopic (exact) mass is 380 g/mol. The Balaban J connectivity index is 2.35. The van der Waals surface area contributed by atoms with Crippen LogP contribution in [-0.4, -0.2) is 38.4 Å². The highest BCUT2D eigenvalue weighted by Crippen LogP contribution is 2.29. The summed E-state index contributed by atoms with van der Waals surface area (Å²) in [4.78, 5) is 0.183. The summed E-state index contributed by atoms with van der Waals surface area (Å²) in [5.41, 5.74) is 0. The van der Waals surface area contributed by atoms with Crippen molar-refractivity contribution in [2.24, 2.45) is 0 Å². The van der Waals surface area contributed by atoms with Gasteiger partial charge in [-0.3, -0.25) is 0 Å². The second-order valence-electron chi connectivity index (χ2n) is 4.76. The van der Waals surface area contributed by atoms with Gasteiger partial charge in [-0.2, -0.15) is 4.31 Å². The molecule has 2 rings (SSSR count). The molecule has 112 valence electrons. The molecule has 1 aromatic rings. The Kier molecular flexibility index (Phi) is 5.48. The topological polar surface area (TPSA) is 49.4 Å². The molecule has 0 radical (unpaired) electrons. The van der Waals surface area contributed by atoms with E-state index in [4.69, 9.17) is 11.6 Å². The molecular formula is C13H18BrClN2O2S. The Labute approximate surface area is 133 Å². The van der Waals surface area contributed by atoms with E-state index in [0.29, 0.717) is 6.54 Å². The second kappa shape index (κ2) is 6.75. The molecule has 20 heavy (non-hydrogen) atoms. The molecule has 1 aliphatic rings. The van der Waals surface area contributed by atoms with Crippen LogP contribution in [0.15, 0.2) is 27.6 Å². The normalized spacial score (nSPS) is 17.6. The van der Waals surface area contributed by atoms with Gasteiger partial charge in [0, 0.05) is 17.1 Å². The first-order valence-electron chi connectivity index (χ1n) is 6.64. The Morgan fingerprint density at radius 3 is 2.60 bits per heavy atom. The van der Waals surface area contributed by atoms with Crippen molar-refractivity contribution in [1.29, 1.82) is 0 Å². The summed E-state index contributed by atoms with van der Waals surface area (Å²) in [5.74, 6) is 0. The first kappa shape index (κ1) is 16.2. The quantitative estimate of drug-likeness (QED) is 0.872. The van der Waals surface area contributed by atoms with E-state index in [1.54, 1.807) is 22.5 Å². The fourth-order valence-corrected chi connectivity index (χ4v) is 5.24. The van der Waals surface area contributed by atoms with Gasteiger partial charge in [-0.1, -0.05) is 34.5 Å². The van der Waals surface area contributed by atoms with Crippen LogP contribution >= 0.6 is 27.5 Å². The lowest BCUT2D eigenvalue weighted by Crippen LogP contribution is -2.46. The Hall–Kier alpha value is -0.140. The van der Waals surface area contributed by atoms with Crippen LogP contribution in [0.3, 0.4) is 0 Å². The number of hydrogen-bond donors (Lipinski definition) is 1. The zero-order valence-electron chi connectivity index (χ0n) is 11.3. The second-order valence-corrected chi connectivity index (χ2v) is 7.95. The van der Waals surface area contributed by atoms with Crippen LogP contribution in [0.2, 0.25) is 5.02 Å². The third kappa shape index (κ3) is 3.36. The third-order valence-corrected chi connectivity index (χ3v) is 6.51. The van der Waals surface area contributed by atoms with Crippen molar-refractivity contribution in [3.8, 4) is 0 Å². The number of nitrogens with one attached hydrogen (secondary N) is 1. The van der Waals surface area contributed by atoms with Gasteiger partial charge in [-0.15, -0.1) is 0 Å². The summed E-state index contributed by atoms with van der Waals surface area (Å²) < 4.78 is 27.9. The van der Waals surface area contributed by atoms with E-state index < -0.39 is 10.0 Å². The minimum atomic E-state index is -3.55.